The molecule has 3 aromatic carbocycles. The first kappa shape index (κ1) is 20.8. The summed E-state index contributed by atoms with van der Waals surface area (Å²) >= 11 is 0. The minimum absolute atomic E-state index is 0.114. The van der Waals surface area contributed by atoms with Gasteiger partial charge in [-0.2, -0.15) is 0 Å². The Morgan fingerprint density at radius 2 is 1.59 bits per heavy atom. The zero-order valence-electron chi connectivity index (χ0n) is 18.4. The molecule has 4 unspecified atom stereocenters. The van der Waals surface area contributed by atoms with Crippen molar-refractivity contribution in [2.24, 2.45) is 0 Å². The zero-order chi connectivity index (χ0) is 21.9. The molecule has 2 fully saturated rings. The number of piperidine rings is 1. The number of hydrogen-bond donors (Lipinski definition) is 0. The molecule has 3 aromatic rings. The van der Waals surface area contributed by atoms with Gasteiger partial charge in [-0.05, 0) is 43.0 Å². The summed E-state index contributed by atoms with van der Waals surface area (Å²) in [6.07, 6.45) is 2.90. The first-order valence-corrected chi connectivity index (χ1v) is 11.4. The zero-order valence-corrected chi connectivity index (χ0v) is 18.4. The number of fused-ring (bicyclic) bond motifs is 2. The molecule has 164 valence electrons. The number of rotatable bonds is 6. The van der Waals surface area contributed by atoms with Crippen molar-refractivity contribution in [2.45, 2.75) is 49.9 Å². The molecule has 5 rings (SSSR count). The van der Waals surface area contributed by atoms with Crippen molar-refractivity contribution in [3.05, 3.63) is 102 Å². The summed E-state index contributed by atoms with van der Waals surface area (Å²) in [5.41, 5.74) is 3.03. The van der Waals surface area contributed by atoms with Crippen LogP contribution in [0.4, 0.5) is 0 Å². The second kappa shape index (κ2) is 9.17. The number of esters is 1. The van der Waals surface area contributed by atoms with Crippen LogP contribution >= 0.6 is 0 Å². The fourth-order valence-electron chi connectivity index (χ4n) is 5.51. The molecule has 2 aliphatic rings. The Morgan fingerprint density at radius 3 is 2.34 bits per heavy atom. The summed E-state index contributed by atoms with van der Waals surface area (Å²) in [6, 6.07) is 28.7. The number of para-hydroxylation sites is 1. The molecular formula is C28H29NO3. The normalized spacial score (nSPS) is 24.8. The van der Waals surface area contributed by atoms with Crippen LogP contribution in [-0.2, 0) is 11.3 Å². The lowest BCUT2D eigenvalue weighted by Crippen LogP contribution is -2.52. The topological polar surface area (TPSA) is 38.8 Å². The van der Waals surface area contributed by atoms with Crippen LogP contribution in [-0.4, -0.2) is 36.2 Å². The first-order chi connectivity index (χ1) is 15.7. The maximum atomic E-state index is 13.1. The van der Waals surface area contributed by atoms with Crippen LogP contribution in [0.3, 0.4) is 0 Å². The van der Waals surface area contributed by atoms with Gasteiger partial charge in [-0.1, -0.05) is 66.7 Å². The van der Waals surface area contributed by atoms with Crippen molar-refractivity contribution in [1.82, 2.24) is 4.90 Å². The van der Waals surface area contributed by atoms with E-state index in [1.165, 1.54) is 5.56 Å². The van der Waals surface area contributed by atoms with E-state index in [0.29, 0.717) is 11.6 Å². The Labute approximate surface area is 189 Å². The molecule has 0 N–H and O–H groups in total. The second-order valence-electron chi connectivity index (χ2n) is 8.78. The van der Waals surface area contributed by atoms with Gasteiger partial charge in [-0.15, -0.1) is 0 Å². The summed E-state index contributed by atoms with van der Waals surface area (Å²) < 4.78 is 12.0. The highest BCUT2D eigenvalue weighted by Crippen LogP contribution is 2.47. The number of nitrogens with zero attached hydrogens (tertiary/aromatic N) is 1. The first-order valence-electron chi connectivity index (χ1n) is 11.4. The van der Waals surface area contributed by atoms with Crippen LogP contribution < -0.4 is 4.74 Å². The van der Waals surface area contributed by atoms with Gasteiger partial charge in [0.05, 0.1) is 12.7 Å². The van der Waals surface area contributed by atoms with Crippen molar-refractivity contribution >= 4 is 5.97 Å². The average Bonchev–Trinajstić information content (AvgIpc) is 3.13. The van der Waals surface area contributed by atoms with E-state index in [-0.39, 0.29) is 24.0 Å². The Hall–Kier alpha value is -3.11. The van der Waals surface area contributed by atoms with Crippen LogP contribution in [0, 0.1) is 0 Å². The van der Waals surface area contributed by atoms with Crippen molar-refractivity contribution in [3.63, 3.8) is 0 Å². The lowest BCUT2D eigenvalue weighted by molar-refractivity contribution is -0.0345. The number of carbonyl (C=O) groups excluding carboxylic acids is 1. The molecule has 0 amide bonds. The SMILES string of the molecule is COc1ccccc1C1CC2CCC(C1OC(=O)c1ccccc1)N2Cc1ccccc1. The predicted molar refractivity (Wildman–Crippen MR) is 125 cm³/mol. The highest BCUT2D eigenvalue weighted by atomic mass is 16.5. The second-order valence-corrected chi connectivity index (χ2v) is 8.78. The maximum absolute atomic E-state index is 13.1. The largest absolute Gasteiger partial charge is 0.496 e. The van der Waals surface area contributed by atoms with E-state index < -0.39 is 0 Å². The van der Waals surface area contributed by atoms with Crippen molar-refractivity contribution in [1.29, 1.82) is 0 Å². The van der Waals surface area contributed by atoms with Crippen molar-refractivity contribution < 1.29 is 14.3 Å². The lowest BCUT2D eigenvalue weighted by atomic mass is 9.81. The molecule has 32 heavy (non-hydrogen) atoms. The fourth-order valence-corrected chi connectivity index (χ4v) is 5.51. The van der Waals surface area contributed by atoms with E-state index >= 15 is 0 Å². The smallest absolute Gasteiger partial charge is 0.338 e. The number of benzene rings is 3. The predicted octanol–water partition coefficient (Wildman–Crippen LogP) is 5.44. The molecule has 2 bridgehead atoms. The standard InChI is InChI=1S/C28H29NO3/c1-31-26-15-9-8-14-23(26)24-18-22-16-17-25(29(22)19-20-10-4-2-5-11-20)27(24)32-28(30)21-12-6-3-7-13-21/h2-15,22,24-25,27H,16-19H2,1H3. The van der Waals surface area contributed by atoms with Crippen LogP contribution in [0.1, 0.15) is 46.7 Å². The van der Waals surface area contributed by atoms with Gasteiger partial charge >= 0.3 is 5.97 Å². The quantitative estimate of drug-likeness (QED) is 0.491. The minimum Gasteiger partial charge on any atom is -0.496 e. The Bertz CT molecular complexity index is 1050. The molecular weight excluding hydrogens is 398 g/mol. The summed E-state index contributed by atoms with van der Waals surface area (Å²) in [4.78, 5) is 15.7. The van der Waals surface area contributed by atoms with E-state index in [1.54, 1.807) is 7.11 Å². The fraction of sp³-hybridized carbons (Fsp3) is 0.321. The Balaban J connectivity index is 1.48. The molecule has 4 heteroatoms. The van der Waals surface area contributed by atoms with E-state index in [4.69, 9.17) is 9.47 Å². The molecule has 4 nitrogen and oxygen atoms in total. The number of carbonyl (C=O) groups is 1. The van der Waals surface area contributed by atoms with E-state index in [1.807, 2.05) is 48.5 Å². The van der Waals surface area contributed by atoms with Crippen LogP contribution in [0.25, 0.3) is 0 Å². The number of hydrogen-bond acceptors (Lipinski definition) is 4. The van der Waals surface area contributed by atoms with E-state index in [9.17, 15) is 4.79 Å². The van der Waals surface area contributed by atoms with Gasteiger partial charge in [0.15, 0.2) is 0 Å². The van der Waals surface area contributed by atoms with Crippen LogP contribution in [0.5, 0.6) is 5.75 Å². The highest BCUT2D eigenvalue weighted by Gasteiger charge is 2.50. The van der Waals surface area contributed by atoms with Gasteiger partial charge in [-0.3, -0.25) is 4.90 Å². The van der Waals surface area contributed by atoms with E-state index in [0.717, 1.165) is 37.1 Å². The third-order valence-corrected chi connectivity index (χ3v) is 6.99. The third-order valence-electron chi connectivity index (χ3n) is 6.99. The van der Waals surface area contributed by atoms with Gasteiger partial charge < -0.3 is 9.47 Å². The summed E-state index contributed by atoms with van der Waals surface area (Å²) in [7, 11) is 1.71. The highest BCUT2D eigenvalue weighted by molar-refractivity contribution is 5.89. The third kappa shape index (κ3) is 4.03. The molecule has 2 heterocycles. The van der Waals surface area contributed by atoms with Gasteiger partial charge in [0, 0.05) is 30.1 Å². The number of methoxy groups -OCH3 is 1. The van der Waals surface area contributed by atoms with Gasteiger partial charge in [0.25, 0.3) is 0 Å². The number of ether oxygens (including phenoxy) is 2. The van der Waals surface area contributed by atoms with Crippen LogP contribution in [0.2, 0.25) is 0 Å². The molecule has 0 aromatic heterocycles. The molecule has 2 aliphatic heterocycles. The van der Waals surface area contributed by atoms with E-state index in [2.05, 4.69) is 41.3 Å². The molecule has 4 atom stereocenters. The molecule has 0 aliphatic carbocycles. The Morgan fingerprint density at radius 1 is 0.906 bits per heavy atom. The van der Waals surface area contributed by atoms with Gasteiger partial charge in [0.2, 0.25) is 0 Å². The summed E-state index contributed by atoms with van der Waals surface area (Å²) in [5.74, 6) is 0.734. The lowest BCUT2D eigenvalue weighted by Gasteiger charge is -2.44. The van der Waals surface area contributed by atoms with Crippen LogP contribution in [0.15, 0.2) is 84.9 Å². The molecule has 0 saturated carbocycles. The van der Waals surface area contributed by atoms with Crippen molar-refractivity contribution in [2.75, 3.05) is 7.11 Å². The maximum Gasteiger partial charge on any atom is 0.338 e. The molecule has 2 saturated heterocycles. The Kier molecular flexibility index (Phi) is 5.95. The molecule has 0 radical (unpaired) electrons. The van der Waals surface area contributed by atoms with Crippen molar-refractivity contribution in [3.8, 4) is 5.75 Å². The monoisotopic (exact) mass is 427 g/mol. The summed E-state index contributed by atoms with van der Waals surface area (Å²) in [5, 5.41) is 0. The van der Waals surface area contributed by atoms with Gasteiger partial charge in [0.1, 0.15) is 11.9 Å². The average molecular weight is 428 g/mol. The van der Waals surface area contributed by atoms with Gasteiger partial charge in [-0.25, -0.2) is 4.79 Å². The molecule has 0 spiro atoms. The summed E-state index contributed by atoms with van der Waals surface area (Å²) in [6.45, 7) is 0.883. The minimum atomic E-state index is -0.250.